The van der Waals surface area contributed by atoms with E-state index in [-0.39, 0.29) is 17.5 Å². The van der Waals surface area contributed by atoms with Gasteiger partial charge in [-0.3, -0.25) is 0 Å². The van der Waals surface area contributed by atoms with Crippen LogP contribution in [0.5, 0.6) is 0 Å². The lowest BCUT2D eigenvalue weighted by Crippen LogP contribution is -2.27. The van der Waals surface area contributed by atoms with Crippen molar-refractivity contribution in [2.75, 3.05) is 0 Å². The standard InChI is InChI=1S/C11H17NO4S/c1-6-4-10(6)12-17(14,15)11-8(3)16-7(2)9(11)5-13/h6,10,12-13H,4-5H2,1-3H3. The van der Waals surface area contributed by atoms with E-state index in [1.165, 1.54) is 0 Å². The predicted octanol–water partition coefficient (Wildman–Crippen LogP) is 1.08. The van der Waals surface area contributed by atoms with Crippen molar-refractivity contribution in [3.05, 3.63) is 17.1 Å². The molecule has 96 valence electrons. The molecule has 0 aliphatic heterocycles. The Morgan fingerprint density at radius 1 is 1.41 bits per heavy atom. The van der Waals surface area contributed by atoms with Gasteiger partial charge in [-0.15, -0.1) is 0 Å². The first-order valence-electron chi connectivity index (χ1n) is 5.59. The monoisotopic (exact) mass is 259 g/mol. The Kier molecular flexibility index (Phi) is 3.05. The largest absolute Gasteiger partial charge is 0.465 e. The quantitative estimate of drug-likeness (QED) is 0.848. The zero-order chi connectivity index (χ0) is 12.8. The Hall–Kier alpha value is -0.850. The normalized spacial score (nSPS) is 24.0. The molecular weight excluding hydrogens is 242 g/mol. The van der Waals surface area contributed by atoms with Gasteiger partial charge < -0.3 is 9.52 Å². The third-order valence-corrected chi connectivity index (χ3v) is 4.85. The lowest BCUT2D eigenvalue weighted by Gasteiger charge is -2.06. The first-order chi connectivity index (χ1) is 7.86. The van der Waals surface area contributed by atoms with Gasteiger partial charge >= 0.3 is 0 Å². The number of rotatable bonds is 4. The maximum Gasteiger partial charge on any atom is 0.244 e. The molecule has 5 nitrogen and oxygen atoms in total. The minimum Gasteiger partial charge on any atom is -0.465 e. The van der Waals surface area contributed by atoms with E-state index in [0.29, 0.717) is 23.0 Å². The smallest absolute Gasteiger partial charge is 0.244 e. The maximum absolute atomic E-state index is 12.2. The summed E-state index contributed by atoms with van der Waals surface area (Å²) in [5, 5.41) is 9.23. The molecule has 17 heavy (non-hydrogen) atoms. The second-order valence-corrected chi connectivity index (χ2v) is 6.27. The number of aryl methyl sites for hydroxylation is 2. The van der Waals surface area contributed by atoms with Gasteiger partial charge in [0.15, 0.2) is 0 Å². The van der Waals surface area contributed by atoms with E-state index >= 15 is 0 Å². The van der Waals surface area contributed by atoms with E-state index < -0.39 is 10.0 Å². The van der Waals surface area contributed by atoms with Gasteiger partial charge in [0.1, 0.15) is 16.4 Å². The van der Waals surface area contributed by atoms with Gasteiger partial charge in [-0.1, -0.05) is 6.92 Å². The topological polar surface area (TPSA) is 79.5 Å². The van der Waals surface area contributed by atoms with Crippen LogP contribution in [0.25, 0.3) is 0 Å². The summed E-state index contributed by atoms with van der Waals surface area (Å²) in [6.07, 6.45) is 0.865. The highest BCUT2D eigenvalue weighted by Gasteiger charge is 2.38. The fourth-order valence-electron chi connectivity index (χ4n) is 1.99. The van der Waals surface area contributed by atoms with Gasteiger partial charge in [0, 0.05) is 11.6 Å². The highest BCUT2D eigenvalue weighted by Crippen LogP contribution is 2.33. The van der Waals surface area contributed by atoms with E-state index in [0.717, 1.165) is 6.42 Å². The van der Waals surface area contributed by atoms with Crippen molar-refractivity contribution in [3.63, 3.8) is 0 Å². The number of hydrogen-bond donors (Lipinski definition) is 2. The van der Waals surface area contributed by atoms with Crippen LogP contribution in [-0.2, 0) is 16.6 Å². The molecule has 2 unspecified atom stereocenters. The highest BCUT2D eigenvalue weighted by molar-refractivity contribution is 7.89. The molecule has 0 spiro atoms. The van der Waals surface area contributed by atoms with Crippen LogP contribution in [0.4, 0.5) is 0 Å². The SMILES string of the molecule is Cc1oc(C)c(S(=O)(=O)NC2CC2C)c1CO. The molecule has 2 atom stereocenters. The molecule has 1 saturated carbocycles. The van der Waals surface area contributed by atoms with Crippen LogP contribution in [0.15, 0.2) is 9.31 Å². The Bertz CT molecular complexity index is 532. The first-order valence-corrected chi connectivity index (χ1v) is 7.07. The third kappa shape index (κ3) is 2.25. The van der Waals surface area contributed by atoms with E-state index in [1.807, 2.05) is 6.92 Å². The minimum atomic E-state index is -3.59. The molecule has 1 aliphatic carbocycles. The zero-order valence-corrected chi connectivity index (χ0v) is 11.0. The lowest BCUT2D eigenvalue weighted by molar-refractivity contribution is 0.276. The summed E-state index contributed by atoms with van der Waals surface area (Å²) in [6, 6.07) is 0.0150. The summed E-state index contributed by atoms with van der Waals surface area (Å²) in [5.41, 5.74) is 0.350. The van der Waals surface area contributed by atoms with E-state index in [1.54, 1.807) is 13.8 Å². The Morgan fingerprint density at radius 2 is 2.00 bits per heavy atom. The minimum absolute atomic E-state index is 0.0150. The molecule has 1 fully saturated rings. The second-order valence-electron chi connectivity index (χ2n) is 4.62. The van der Waals surface area contributed by atoms with E-state index in [2.05, 4.69) is 4.72 Å². The predicted molar refractivity (Wildman–Crippen MR) is 62.0 cm³/mol. The van der Waals surface area contributed by atoms with Crippen molar-refractivity contribution in [2.45, 2.75) is 44.7 Å². The first kappa shape index (κ1) is 12.6. The molecule has 2 rings (SSSR count). The molecule has 0 saturated heterocycles. The van der Waals surface area contributed by atoms with Crippen LogP contribution in [0, 0.1) is 19.8 Å². The lowest BCUT2D eigenvalue weighted by atomic mass is 10.2. The molecule has 0 amide bonds. The molecular formula is C11H17NO4S. The summed E-state index contributed by atoms with van der Waals surface area (Å²) < 4.78 is 32.2. The van der Waals surface area contributed by atoms with Crippen LogP contribution in [-0.4, -0.2) is 19.6 Å². The summed E-state index contributed by atoms with van der Waals surface area (Å²) in [7, 11) is -3.59. The van der Waals surface area contributed by atoms with Crippen molar-refractivity contribution >= 4 is 10.0 Å². The number of aliphatic hydroxyl groups excluding tert-OH is 1. The zero-order valence-electron chi connectivity index (χ0n) is 10.1. The van der Waals surface area contributed by atoms with Gasteiger partial charge in [-0.05, 0) is 26.2 Å². The highest BCUT2D eigenvalue weighted by atomic mass is 32.2. The van der Waals surface area contributed by atoms with Crippen LogP contribution in [0.3, 0.4) is 0 Å². The molecule has 1 aromatic heterocycles. The average Bonchev–Trinajstić information content (AvgIpc) is 2.77. The van der Waals surface area contributed by atoms with Crippen molar-refractivity contribution < 1.29 is 17.9 Å². The number of sulfonamides is 1. The van der Waals surface area contributed by atoms with Gasteiger partial charge in [0.05, 0.1) is 6.61 Å². The van der Waals surface area contributed by atoms with Gasteiger partial charge in [-0.25, -0.2) is 13.1 Å². The Labute approximate surface area is 101 Å². The maximum atomic E-state index is 12.2. The molecule has 0 radical (unpaired) electrons. The van der Waals surface area contributed by atoms with Gasteiger partial charge in [0.2, 0.25) is 10.0 Å². The van der Waals surface area contributed by atoms with Crippen LogP contribution >= 0.6 is 0 Å². The van der Waals surface area contributed by atoms with Crippen LogP contribution in [0.2, 0.25) is 0 Å². The van der Waals surface area contributed by atoms with Gasteiger partial charge in [0.25, 0.3) is 0 Å². The number of nitrogens with one attached hydrogen (secondary N) is 1. The molecule has 0 bridgehead atoms. The van der Waals surface area contributed by atoms with Crippen molar-refractivity contribution in [2.24, 2.45) is 5.92 Å². The molecule has 2 N–H and O–H groups in total. The molecule has 1 aliphatic rings. The summed E-state index contributed by atoms with van der Waals surface area (Å²) in [5.74, 6) is 1.16. The number of furan rings is 1. The van der Waals surface area contributed by atoms with Crippen LogP contribution in [0.1, 0.15) is 30.4 Å². The third-order valence-electron chi connectivity index (χ3n) is 3.17. The fraction of sp³-hybridized carbons (Fsp3) is 0.636. The van der Waals surface area contributed by atoms with Crippen LogP contribution < -0.4 is 4.72 Å². The molecule has 6 heteroatoms. The molecule has 1 aromatic rings. The second kappa shape index (κ2) is 4.12. The summed E-state index contributed by atoms with van der Waals surface area (Å²) >= 11 is 0. The Morgan fingerprint density at radius 3 is 2.47 bits per heavy atom. The number of aliphatic hydroxyl groups is 1. The van der Waals surface area contributed by atoms with Crippen molar-refractivity contribution in [3.8, 4) is 0 Å². The molecule has 0 aromatic carbocycles. The van der Waals surface area contributed by atoms with Crippen molar-refractivity contribution in [1.82, 2.24) is 4.72 Å². The van der Waals surface area contributed by atoms with Crippen molar-refractivity contribution in [1.29, 1.82) is 0 Å². The summed E-state index contributed by atoms with van der Waals surface area (Å²) in [4.78, 5) is 0.0941. The summed E-state index contributed by atoms with van der Waals surface area (Å²) in [6.45, 7) is 4.90. The number of hydrogen-bond acceptors (Lipinski definition) is 4. The van der Waals surface area contributed by atoms with E-state index in [9.17, 15) is 13.5 Å². The molecule has 1 heterocycles. The Balaban J connectivity index is 2.38. The average molecular weight is 259 g/mol. The van der Waals surface area contributed by atoms with E-state index in [4.69, 9.17) is 4.42 Å². The van der Waals surface area contributed by atoms with Gasteiger partial charge in [-0.2, -0.15) is 0 Å². The fourth-order valence-corrected chi connectivity index (χ4v) is 3.79.